The third-order valence-electron chi connectivity index (χ3n) is 6.47. The van der Waals surface area contributed by atoms with Gasteiger partial charge in [0, 0.05) is 30.7 Å². The number of aromatic nitrogens is 4. The number of hydrogen-bond acceptors (Lipinski definition) is 6. The number of thiazole rings is 1. The van der Waals surface area contributed by atoms with E-state index in [1.165, 1.54) is 18.9 Å². The summed E-state index contributed by atoms with van der Waals surface area (Å²) in [5, 5.41) is 9.18. The summed E-state index contributed by atoms with van der Waals surface area (Å²) in [5.41, 5.74) is 3.62. The number of rotatable bonds is 3. The van der Waals surface area contributed by atoms with E-state index in [1.54, 1.807) is 15.9 Å². The summed E-state index contributed by atoms with van der Waals surface area (Å²) in [6.45, 7) is 1.93. The first-order chi connectivity index (χ1) is 14.5. The van der Waals surface area contributed by atoms with Crippen molar-refractivity contribution < 1.29 is 4.39 Å². The van der Waals surface area contributed by atoms with Crippen LogP contribution < -0.4 is 10.2 Å². The van der Waals surface area contributed by atoms with Gasteiger partial charge in [0.2, 0.25) is 0 Å². The van der Waals surface area contributed by atoms with Crippen LogP contribution in [0, 0.1) is 12.7 Å². The van der Waals surface area contributed by atoms with Crippen molar-refractivity contribution in [2.75, 3.05) is 11.9 Å². The summed E-state index contributed by atoms with van der Waals surface area (Å²) in [7, 11) is 2.10. The molecule has 2 fully saturated rings. The molecule has 3 atom stereocenters. The lowest BCUT2D eigenvalue weighted by molar-refractivity contribution is 0.354. The minimum Gasteiger partial charge on any atom is -0.348 e. The van der Waals surface area contributed by atoms with Gasteiger partial charge in [0.25, 0.3) is 0 Å². The first kappa shape index (κ1) is 18.2. The number of fused-ring (bicyclic) bond motifs is 4. The molecule has 2 saturated heterocycles. The molecule has 2 aliphatic heterocycles. The molecular weight excluding hydrogens is 399 g/mol. The zero-order valence-electron chi connectivity index (χ0n) is 17.0. The number of halogens is 1. The molecule has 0 radical (unpaired) electrons. The fraction of sp³-hybridized carbons (Fsp3) is 0.409. The van der Waals surface area contributed by atoms with Gasteiger partial charge in [0.1, 0.15) is 5.52 Å². The quantitative estimate of drug-likeness (QED) is 0.537. The molecule has 0 saturated carbocycles. The van der Waals surface area contributed by atoms with E-state index in [0.29, 0.717) is 23.6 Å². The van der Waals surface area contributed by atoms with E-state index >= 15 is 0 Å². The van der Waals surface area contributed by atoms with Crippen LogP contribution in [0.15, 0.2) is 30.5 Å². The van der Waals surface area contributed by atoms with E-state index in [0.717, 1.165) is 45.3 Å². The van der Waals surface area contributed by atoms with Crippen molar-refractivity contribution in [1.29, 1.82) is 0 Å². The zero-order chi connectivity index (χ0) is 20.4. The minimum atomic E-state index is -0.299. The topological polar surface area (TPSA) is 58.4 Å². The average molecular weight is 423 g/mol. The Morgan fingerprint density at radius 1 is 1.17 bits per heavy atom. The normalized spacial score (nSPS) is 23.5. The predicted molar refractivity (Wildman–Crippen MR) is 118 cm³/mol. The lowest BCUT2D eigenvalue weighted by Crippen LogP contribution is -2.47. The Balaban J connectivity index is 1.36. The fourth-order valence-electron chi connectivity index (χ4n) is 4.93. The molecule has 6 rings (SSSR count). The van der Waals surface area contributed by atoms with Crippen LogP contribution in [0.4, 0.5) is 9.52 Å². The summed E-state index contributed by atoms with van der Waals surface area (Å²) in [6.07, 6.45) is 6.66. The summed E-state index contributed by atoms with van der Waals surface area (Å²) in [6, 6.07) is 9.02. The van der Waals surface area contributed by atoms with Crippen LogP contribution in [0.1, 0.15) is 31.4 Å². The van der Waals surface area contributed by atoms with Gasteiger partial charge >= 0.3 is 0 Å². The molecule has 0 aliphatic carbocycles. The van der Waals surface area contributed by atoms with Gasteiger partial charge < -0.3 is 10.2 Å². The van der Waals surface area contributed by atoms with Crippen LogP contribution in [-0.4, -0.2) is 44.8 Å². The molecule has 8 heteroatoms. The molecule has 4 aromatic rings. The van der Waals surface area contributed by atoms with Gasteiger partial charge in [-0.25, -0.2) is 18.9 Å². The molecule has 1 aromatic carbocycles. The predicted octanol–water partition coefficient (Wildman–Crippen LogP) is 4.17. The van der Waals surface area contributed by atoms with Crippen molar-refractivity contribution in [2.45, 2.75) is 50.7 Å². The Hall–Kier alpha value is -2.58. The first-order valence-electron chi connectivity index (χ1n) is 10.5. The van der Waals surface area contributed by atoms with E-state index in [4.69, 9.17) is 0 Å². The Morgan fingerprint density at radius 3 is 2.77 bits per heavy atom. The van der Waals surface area contributed by atoms with Crippen LogP contribution >= 0.6 is 11.3 Å². The Bertz CT molecular complexity index is 1250. The summed E-state index contributed by atoms with van der Waals surface area (Å²) < 4.78 is 17.6. The van der Waals surface area contributed by atoms with Crippen LogP contribution in [0.5, 0.6) is 0 Å². The number of aryl methyl sites for hydroxylation is 1. The lowest BCUT2D eigenvalue weighted by atomic mass is 9.99. The number of nitrogens with zero attached hydrogens (tertiary/aromatic N) is 5. The highest BCUT2D eigenvalue weighted by atomic mass is 32.1. The summed E-state index contributed by atoms with van der Waals surface area (Å²) in [4.78, 5) is 11.3. The van der Waals surface area contributed by atoms with Crippen LogP contribution in [0.3, 0.4) is 0 Å². The van der Waals surface area contributed by atoms with E-state index in [-0.39, 0.29) is 5.82 Å². The van der Waals surface area contributed by atoms with Gasteiger partial charge in [0.05, 0.1) is 22.3 Å². The molecule has 154 valence electrons. The second-order valence-electron chi connectivity index (χ2n) is 8.58. The molecule has 0 spiro atoms. The smallest absolute Gasteiger partial charge is 0.186 e. The zero-order valence-corrected chi connectivity index (χ0v) is 17.8. The van der Waals surface area contributed by atoms with E-state index < -0.39 is 0 Å². The maximum atomic E-state index is 15.0. The Kier molecular flexibility index (Phi) is 4.08. The molecular formula is C22H23FN6S. The molecule has 5 heterocycles. The SMILES string of the molecule is Cc1cn2nc(-c3cc(F)c4nc(N(C)C5C[C@H]6CC[C@@H](C5)N6)sc4c3)ccc2n1. The van der Waals surface area contributed by atoms with E-state index in [9.17, 15) is 4.39 Å². The van der Waals surface area contributed by atoms with E-state index in [1.807, 2.05) is 31.3 Å². The molecule has 1 N–H and O–H groups in total. The first-order valence-corrected chi connectivity index (χ1v) is 11.3. The van der Waals surface area contributed by atoms with Crippen LogP contribution in [0.25, 0.3) is 27.1 Å². The highest BCUT2D eigenvalue weighted by Gasteiger charge is 2.35. The Labute approximate surface area is 177 Å². The fourth-order valence-corrected chi connectivity index (χ4v) is 5.98. The second-order valence-corrected chi connectivity index (χ2v) is 9.59. The third-order valence-corrected chi connectivity index (χ3v) is 7.56. The Morgan fingerprint density at radius 2 is 1.97 bits per heavy atom. The van der Waals surface area contributed by atoms with Gasteiger partial charge in [-0.05, 0) is 56.9 Å². The standard InChI is InChI=1S/C22H23FN6S/c1-12-11-29-20(24-12)6-5-18(27-29)13-7-17(23)21-19(8-13)30-22(26-21)28(2)16-9-14-3-4-15(10-16)25-14/h5-8,11,14-16,25H,3-4,9-10H2,1-2H3/t14-,15+,16?. The van der Waals surface area contributed by atoms with Gasteiger partial charge in [0.15, 0.2) is 16.6 Å². The highest BCUT2D eigenvalue weighted by Crippen LogP contribution is 2.37. The second kappa shape index (κ2) is 6.72. The minimum absolute atomic E-state index is 0.299. The van der Waals surface area contributed by atoms with Crippen LogP contribution in [0.2, 0.25) is 0 Å². The van der Waals surface area contributed by atoms with Gasteiger partial charge in [-0.1, -0.05) is 11.3 Å². The van der Waals surface area contributed by atoms with Crippen molar-refractivity contribution in [3.05, 3.63) is 42.0 Å². The van der Waals surface area contributed by atoms with Crippen molar-refractivity contribution in [1.82, 2.24) is 24.9 Å². The van der Waals surface area contributed by atoms with Crippen LogP contribution in [-0.2, 0) is 0 Å². The maximum absolute atomic E-state index is 15.0. The number of hydrogen-bond donors (Lipinski definition) is 1. The molecule has 30 heavy (non-hydrogen) atoms. The number of imidazole rings is 1. The summed E-state index contributed by atoms with van der Waals surface area (Å²) in [5.74, 6) is -0.299. The van der Waals surface area contributed by atoms with Gasteiger partial charge in [-0.15, -0.1) is 0 Å². The number of piperidine rings is 1. The van der Waals surface area contributed by atoms with Crippen molar-refractivity contribution in [3.63, 3.8) is 0 Å². The lowest BCUT2D eigenvalue weighted by Gasteiger charge is -2.35. The molecule has 6 nitrogen and oxygen atoms in total. The molecule has 2 bridgehead atoms. The molecule has 3 aromatic heterocycles. The number of benzene rings is 1. The average Bonchev–Trinajstić information content (AvgIpc) is 3.42. The third kappa shape index (κ3) is 2.97. The van der Waals surface area contributed by atoms with Gasteiger partial charge in [-0.2, -0.15) is 5.10 Å². The number of anilines is 1. The largest absolute Gasteiger partial charge is 0.348 e. The summed E-state index contributed by atoms with van der Waals surface area (Å²) >= 11 is 1.56. The molecule has 0 amide bonds. The monoisotopic (exact) mass is 422 g/mol. The van der Waals surface area contributed by atoms with E-state index in [2.05, 4.69) is 32.3 Å². The molecule has 1 unspecified atom stereocenters. The maximum Gasteiger partial charge on any atom is 0.186 e. The molecule has 2 aliphatic rings. The van der Waals surface area contributed by atoms with Gasteiger partial charge in [-0.3, -0.25) is 0 Å². The highest BCUT2D eigenvalue weighted by molar-refractivity contribution is 7.22. The number of nitrogens with one attached hydrogen (secondary N) is 1. The van der Waals surface area contributed by atoms with Crippen molar-refractivity contribution >= 4 is 32.3 Å². The van der Waals surface area contributed by atoms with Crippen molar-refractivity contribution in [3.8, 4) is 11.3 Å². The van der Waals surface area contributed by atoms with Crippen molar-refractivity contribution in [2.24, 2.45) is 0 Å².